The predicted octanol–water partition coefficient (Wildman–Crippen LogP) is 3.71. The Kier molecular flexibility index (Phi) is 4.30. The lowest BCUT2D eigenvalue weighted by atomic mass is 10.1. The van der Waals surface area contributed by atoms with Crippen molar-refractivity contribution in [1.82, 2.24) is 5.32 Å². The van der Waals surface area contributed by atoms with Gasteiger partial charge in [-0.2, -0.15) is 0 Å². The second-order valence-corrected chi connectivity index (χ2v) is 5.36. The average Bonchev–Trinajstić information content (AvgIpc) is 3.12. The largest absolute Gasteiger partial charge is 0.506 e. The van der Waals surface area contributed by atoms with E-state index in [4.69, 9.17) is 11.6 Å². The Bertz CT molecular complexity index is 376. The Morgan fingerprint density at radius 2 is 2.24 bits per heavy atom. The van der Waals surface area contributed by atoms with E-state index in [1.165, 1.54) is 25.7 Å². The number of halogens is 1. The van der Waals surface area contributed by atoms with Crippen LogP contribution in [0.1, 0.15) is 38.2 Å². The molecule has 0 aliphatic heterocycles. The molecule has 0 saturated heterocycles. The molecule has 94 valence electrons. The molecular weight excluding hydrogens is 234 g/mol. The molecule has 1 aromatic rings. The smallest absolute Gasteiger partial charge is 0.134 e. The van der Waals surface area contributed by atoms with Gasteiger partial charge in [0, 0.05) is 12.6 Å². The highest BCUT2D eigenvalue weighted by Crippen LogP contribution is 2.34. The van der Waals surface area contributed by atoms with Crippen LogP contribution in [0.25, 0.3) is 0 Å². The number of benzene rings is 1. The molecule has 2 N–H and O–H groups in total. The molecule has 1 unspecified atom stereocenters. The van der Waals surface area contributed by atoms with Crippen LogP contribution in [0.3, 0.4) is 0 Å². The van der Waals surface area contributed by atoms with Crippen LogP contribution in [0.5, 0.6) is 5.75 Å². The van der Waals surface area contributed by atoms with E-state index < -0.39 is 0 Å². The summed E-state index contributed by atoms with van der Waals surface area (Å²) in [7, 11) is 0. The molecule has 3 heteroatoms. The second kappa shape index (κ2) is 5.74. The summed E-state index contributed by atoms with van der Waals surface area (Å²) < 4.78 is 0. The number of nitrogens with one attached hydrogen (secondary N) is 1. The van der Waals surface area contributed by atoms with Crippen molar-refractivity contribution in [3.05, 3.63) is 28.8 Å². The van der Waals surface area contributed by atoms with E-state index in [1.54, 1.807) is 6.07 Å². The van der Waals surface area contributed by atoms with Crippen molar-refractivity contribution < 1.29 is 5.11 Å². The van der Waals surface area contributed by atoms with Crippen LogP contribution in [-0.2, 0) is 6.54 Å². The summed E-state index contributed by atoms with van der Waals surface area (Å²) in [5.74, 6) is 1.11. The molecule has 2 nitrogen and oxygen atoms in total. The number of aromatic hydroxyl groups is 1. The number of phenols is 1. The van der Waals surface area contributed by atoms with Gasteiger partial charge < -0.3 is 10.4 Å². The van der Waals surface area contributed by atoms with E-state index in [-0.39, 0.29) is 5.75 Å². The molecule has 0 heterocycles. The third kappa shape index (κ3) is 3.90. The Morgan fingerprint density at radius 1 is 1.47 bits per heavy atom. The zero-order valence-electron chi connectivity index (χ0n) is 10.2. The standard InChI is InChI=1S/C14H20ClNO/c1-2-12(7-10-3-4-10)16-9-11-5-6-14(17)13(15)8-11/h5-6,8,10,12,16-17H,2-4,7,9H2,1H3. The van der Waals surface area contributed by atoms with Gasteiger partial charge in [0.25, 0.3) is 0 Å². The molecule has 1 fully saturated rings. The molecular formula is C14H20ClNO. The fourth-order valence-corrected chi connectivity index (χ4v) is 2.28. The third-order valence-electron chi connectivity index (χ3n) is 3.41. The second-order valence-electron chi connectivity index (χ2n) is 4.95. The molecule has 0 amide bonds. The minimum atomic E-state index is 0.153. The van der Waals surface area contributed by atoms with Crippen LogP contribution in [0.4, 0.5) is 0 Å². The van der Waals surface area contributed by atoms with E-state index in [2.05, 4.69) is 12.2 Å². The summed E-state index contributed by atoms with van der Waals surface area (Å²) in [6.07, 6.45) is 5.27. The van der Waals surface area contributed by atoms with E-state index in [9.17, 15) is 5.11 Å². The first kappa shape index (κ1) is 12.7. The van der Waals surface area contributed by atoms with Crippen molar-refractivity contribution in [1.29, 1.82) is 0 Å². The van der Waals surface area contributed by atoms with Crippen LogP contribution in [0.15, 0.2) is 18.2 Å². The molecule has 17 heavy (non-hydrogen) atoms. The van der Waals surface area contributed by atoms with Crippen LogP contribution >= 0.6 is 11.6 Å². The Morgan fingerprint density at radius 3 is 2.82 bits per heavy atom. The maximum absolute atomic E-state index is 9.34. The lowest BCUT2D eigenvalue weighted by Crippen LogP contribution is -2.28. The van der Waals surface area contributed by atoms with E-state index in [1.807, 2.05) is 12.1 Å². The lowest BCUT2D eigenvalue weighted by Gasteiger charge is -2.16. The van der Waals surface area contributed by atoms with Gasteiger partial charge in [-0.15, -0.1) is 0 Å². The summed E-state index contributed by atoms with van der Waals surface area (Å²) in [6, 6.07) is 6.00. The number of phenolic OH excluding ortho intramolecular Hbond substituents is 1. The summed E-state index contributed by atoms with van der Waals surface area (Å²) in [6.45, 7) is 3.05. The average molecular weight is 254 g/mol. The van der Waals surface area contributed by atoms with Crippen molar-refractivity contribution >= 4 is 11.6 Å². The van der Waals surface area contributed by atoms with E-state index in [0.29, 0.717) is 11.1 Å². The van der Waals surface area contributed by atoms with Crippen molar-refractivity contribution in [2.75, 3.05) is 0 Å². The SMILES string of the molecule is CCC(CC1CC1)NCc1ccc(O)c(Cl)c1. The topological polar surface area (TPSA) is 32.3 Å². The highest BCUT2D eigenvalue weighted by Gasteiger charge is 2.24. The Balaban J connectivity index is 1.84. The molecule has 2 rings (SSSR count). The Labute approximate surface area is 108 Å². The van der Waals surface area contributed by atoms with Gasteiger partial charge in [0.1, 0.15) is 5.75 Å². The van der Waals surface area contributed by atoms with Crippen LogP contribution in [0.2, 0.25) is 5.02 Å². The van der Waals surface area contributed by atoms with Crippen molar-refractivity contribution in [2.45, 2.75) is 45.2 Å². The molecule has 1 atom stereocenters. The number of hydrogen-bond acceptors (Lipinski definition) is 2. The maximum atomic E-state index is 9.34. The zero-order valence-corrected chi connectivity index (χ0v) is 11.0. The van der Waals surface area contributed by atoms with Crippen LogP contribution in [0, 0.1) is 5.92 Å². The molecule has 0 aromatic heterocycles. The minimum Gasteiger partial charge on any atom is -0.506 e. The highest BCUT2D eigenvalue weighted by molar-refractivity contribution is 6.32. The van der Waals surface area contributed by atoms with Gasteiger partial charge in [-0.1, -0.05) is 37.4 Å². The normalized spacial score (nSPS) is 17.1. The van der Waals surface area contributed by atoms with E-state index in [0.717, 1.165) is 18.0 Å². The molecule has 1 aliphatic rings. The van der Waals surface area contributed by atoms with Gasteiger partial charge in [-0.05, 0) is 36.5 Å². The zero-order chi connectivity index (χ0) is 12.3. The van der Waals surface area contributed by atoms with Crippen molar-refractivity contribution in [3.63, 3.8) is 0 Å². The fraction of sp³-hybridized carbons (Fsp3) is 0.571. The van der Waals surface area contributed by atoms with Gasteiger partial charge in [-0.3, -0.25) is 0 Å². The summed E-state index contributed by atoms with van der Waals surface area (Å²) in [5, 5.41) is 13.3. The quantitative estimate of drug-likeness (QED) is 0.810. The molecule has 1 aliphatic carbocycles. The maximum Gasteiger partial charge on any atom is 0.134 e. The Hall–Kier alpha value is -0.730. The number of hydrogen-bond donors (Lipinski definition) is 2. The number of rotatable bonds is 6. The van der Waals surface area contributed by atoms with Crippen molar-refractivity contribution in [3.8, 4) is 5.75 Å². The predicted molar refractivity (Wildman–Crippen MR) is 71.4 cm³/mol. The highest BCUT2D eigenvalue weighted by atomic mass is 35.5. The van der Waals surface area contributed by atoms with Gasteiger partial charge in [0.2, 0.25) is 0 Å². The molecule has 1 aromatic carbocycles. The summed E-state index contributed by atoms with van der Waals surface area (Å²) in [4.78, 5) is 0. The van der Waals surface area contributed by atoms with Crippen LogP contribution in [-0.4, -0.2) is 11.1 Å². The van der Waals surface area contributed by atoms with E-state index >= 15 is 0 Å². The van der Waals surface area contributed by atoms with Crippen molar-refractivity contribution in [2.24, 2.45) is 5.92 Å². The van der Waals surface area contributed by atoms with Crippen LogP contribution < -0.4 is 5.32 Å². The van der Waals surface area contributed by atoms with Gasteiger partial charge >= 0.3 is 0 Å². The molecule has 0 bridgehead atoms. The summed E-state index contributed by atoms with van der Waals surface area (Å²) in [5.41, 5.74) is 1.13. The minimum absolute atomic E-state index is 0.153. The molecule has 0 spiro atoms. The monoisotopic (exact) mass is 253 g/mol. The van der Waals surface area contributed by atoms with Gasteiger partial charge in [0.05, 0.1) is 5.02 Å². The first-order chi connectivity index (χ1) is 8.19. The lowest BCUT2D eigenvalue weighted by molar-refractivity contribution is 0.444. The first-order valence-electron chi connectivity index (χ1n) is 6.39. The van der Waals surface area contributed by atoms with Gasteiger partial charge in [0.15, 0.2) is 0 Å². The third-order valence-corrected chi connectivity index (χ3v) is 3.72. The summed E-state index contributed by atoms with van der Waals surface area (Å²) >= 11 is 5.88. The first-order valence-corrected chi connectivity index (χ1v) is 6.77. The molecule has 1 saturated carbocycles. The molecule has 0 radical (unpaired) electrons. The van der Waals surface area contributed by atoms with Gasteiger partial charge in [-0.25, -0.2) is 0 Å². The fourth-order valence-electron chi connectivity index (χ4n) is 2.07.